The van der Waals surface area contributed by atoms with Gasteiger partial charge in [-0.25, -0.2) is 4.98 Å². The predicted molar refractivity (Wildman–Crippen MR) is 111 cm³/mol. The number of benzene rings is 2. The highest BCUT2D eigenvalue weighted by molar-refractivity contribution is 7.15. The predicted octanol–water partition coefficient (Wildman–Crippen LogP) is 5.37. The molecule has 0 amide bonds. The standard InChI is InChI=1S/C22H20N2O2S/c1-2-16(21(25)26)12-20-14-27-22-23-13-19(24(20)22)10-8-15-7-9-17-5-3-4-6-18(17)11-15/h3-11,13-14,16H,2,12H2,1H3,(H,25,26)/b10-8+. The summed E-state index contributed by atoms with van der Waals surface area (Å²) in [6.45, 7) is 1.91. The molecule has 2 aromatic carbocycles. The first-order valence-corrected chi connectivity index (χ1v) is 9.87. The van der Waals surface area contributed by atoms with Gasteiger partial charge in [-0.3, -0.25) is 9.20 Å². The van der Waals surface area contributed by atoms with Crippen molar-refractivity contribution in [1.29, 1.82) is 0 Å². The van der Waals surface area contributed by atoms with Crippen LogP contribution in [-0.4, -0.2) is 20.5 Å². The van der Waals surface area contributed by atoms with Crippen LogP contribution in [0.3, 0.4) is 0 Å². The number of fused-ring (bicyclic) bond motifs is 2. The molecule has 0 aliphatic heterocycles. The van der Waals surface area contributed by atoms with Gasteiger partial charge < -0.3 is 5.11 Å². The summed E-state index contributed by atoms with van der Waals surface area (Å²) >= 11 is 1.55. The molecule has 1 N–H and O–H groups in total. The van der Waals surface area contributed by atoms with E-state index in [1.165, 1.54) is 10.8 Å². The SMILES string of the molecule is CCC(Cc1csc2ncc(/C=C/c3ccc4ccccc4c3)n12)C(=O)O. The molecule has 0 radical (unpaired) electrons. The average Bonchev–Trinajstić information content (AvgIpc) is 3.26. The van der Waals surface area contributed by atoms with E-state index in [9.17, 15) is 9.90 Å². The quantitative estimate of drug-likeness (QED) is 0.492. The Balaban J connectivity index is 1.66. The fraction of sp³-hybridized carbons (Fsp3) is 0.182. The van der Waals surface area contributed by atoms with Gasteiger partial charge in [-0.1, -0.05) is 49.4 Å². The van der Waals surface area contributed by atoms with Gasteiger partial charge in [0.25, 0.3) is 0 Å². The monoisotopic (exact) mass is 376 g/mol. The smallest absolute Gasteiger partial charge is 0.306 e. The number of thiazole rings is 1. The molecule has 5 heteroatoms. The second kappa shape index (κ2) is 7.37. The van der Waals surface area contributed by atoms with Gasteiger partial charge in [0.05, 0.1) is 17.8 Å². The van der Waals surface area contributed by atoms with E-state index in [0.29, 0.717) is 12.8 Å². The van der Waals surface area contributed by atoms with Gasteiger partial charge in [0.15, 0.2) is 4.96 Å². The third-order valence-electron chi connectivity index (χ3n) is 4.86. The van der Waals surface area contributed by atoms with Crippen molar-refractivity contribution < 1.29 is 9.90 Å². The van der Waals surface area contributed by atoms with E-state index in [4.69, 9.17) is 0 Å². The van der Waals surface area contributed by atoms with Crippen molar-refractivity contribution in [2.24, 2.45) is 5.92 Å². The lowest BCUT2D eigenvalue weighted by molar-refractivity contribution is -0.141. The van der Waals surface area contributed by atoms with Crippen LogP contribution >= 0.6 is 11.3 Å². The van der Waals surface area contributed by atoms with Gasteiger partial charge in [-0.2, -0.15) is 0 Å². The van der Waals surface area contributed by atoms with Crippen LogP contribution in [0.1, 0.15) is 30.3 Å². The maximum atomic E-state index is 11.4. The van der Waals surface area contributed by atoms with Gasteiger partial charge in [0, 0.05) is 17.5 Å². The number of carboxylic acids is 1. The molecule has 0 saturated carbocycles. The van der Waals surface area contributed by atoms with Crippen molar-refractivity contribution in [2.45, 2.75) is 19.8 Å². The van der Waals surface area contributed by atoms with Crippen molar-refractivity contribution in [2.75, 3.05) is 0 Å². The number of carbonyl (C=O) groups is 1. The van der Waals surface area contributed by atoms with Crippen LogP contribution < -0.4 is 0 Å². The summed E-state index contributed by atoms with van der Waals surface area (Å²) in [6, 6.07) is 14.7. The molecule has 0 aliphatic carbocycles. The van der Waals surface area contributed by atoms with Crippen molar-refractivity contribution in [3.05, 3.63) is 71.0 Å². The number of aromatic nitrogens is 2. The molecule has 27 heavy (non-hydrogen) atoms. The molecule has 136 valence electrons. The Labute approximate surface area is 161 Å². The summed E-state index contributed by atoms with van der Waals surface area (Å²) in [5.74, 6) is -1.12. The largest absolute Gasteiger partial charge is 0.481 e. The lowest BCUT2D eigenvalue weighted by atomic mass is 10.0. The van der Waals surface area contributed by atoms with Crippen LogP contribution in [0, 0.1) is 5.92 Å². The van der Waals surface area contributed by atoms with Crippen LogP contribution in [0.15, 0.2) is 54.0 Å². The van der Waals surface area contributed by atoms with Gasteiger partial charge in [-0.15, -0.1) is 11.3 Å². The molecule has 2 heterocycles. The maximum Gasteiger partial charge on any atom is 0.306 e. The Morgan fingerprint density at radius 1 is 1.22 bits per heavy atom. The third-order valence-corrected chi connectivity index (χ3v) is 5.75. The number of aliphatic carboxylic acids is 1. The van der Waals surface area contributed by atoms with E-state index >= 15 is 0 Å². The fourth-order valence-corrected chi connectivity index (χ4v) is 4.19. The van der Waals surface area contributed by atoms with Crippen molar-refractivity contribution >= 4 is 45.2 Å². The van der Waals surface area contributed by atoms with Gasteiger partial charge >= 0.3 is 5.97 Å². The lowest BCUT2D eigenvalue weighted by Gasteiger charge is -2.09. The van der Waals surface area contributed by atoms with E-state index < -0.39 is 5.97 Å². The number of imidazole rings is 1. The highest BCUT2D eigenvalue weighted by Gasteiger charge is 2.19. The van der Waals surface area contributed by atoms with Crippen molar-refractivity contribution in [3.63, 3.8) is 0 Å². The van der Waals surface area contributed by atoms with E-state index in [2.05, 4.69) is 45.8 Å². The summed E-state index contributed by atoms with van der Waals surface area (Å²) < 4.78 is 2.06. The Kier molecular flexibility index (Phi) is 4.77. The minimum Gasteiger partial charge on any atom is -0.481 e. The molecule has 0 bridgehead atoms. The first-order chi connectivity index (χ1) is 13.2. The first kappa shape index (κ1) is 17.5. The van der Waals surface area contributed by atoms with Gasteiger partial charge in [-0.05, 0) is 34.9 Å². The van der Waals surface area contributed by atoms with Crippen molar-refractivity contribution in [1.82, 2.24) is 9.38 Å². The second-order valence-electron chi connectivity index (χ2n) is 6.62. The summed E-state index contributed by atoms with van der Waals surface area (Å²) in [4.78, 5) is 16.8. The molecule has 0 spiro atoms. The number of nitrogens with zero attached hydrogens (tertiary/aromatic N) is 2. The van der Waals surface area contributed by atoms with Crippen LogP contribution in [0.25, 0.3) is 27.9 Å². The van der Waals surface area contributed by atoms with E-state index in [1.807, 2.05) is 36.7 Å². The molecule has 4 nitrogen and oxygen atoms in total. The minimum absolute atomic E-state index is 0.373. The molecule has 4 rings (SSSR count). The van der Waals surface area contributed by atoms with Crippen LogP contribution in [0.4, 0.5) is 0 Å². The number of carboxylic acid groups (broad SMARTS) is 1. The molecule has 0 saturated heterocycles. The molecular formula is C22H20N2O2S. The van der Waals surface area contributed by atoms with Crippen LogP contribution in [0.2, 0.25) is 0 Å². The van der Waals surface area contributed by atoms with Crippen LogP contribution in [0.5, 0.6) is 0 Å². The zero-order valence-electron chi connectivity index (χ0n) is 15.0. The Bertz CT molecular complexity index is 1140. The summed E-state index contributed by atoms with van der Waals surface area (Å²) in [7, 11) is 0. The van der Waals surface area contributed by atoms with E-state index in [0.717, 1.165) is 21.9 Å². The van der Waals surface area contributed by atoms with Gasteiger partial charge in [0.1, 0.15) is 0 Å². The Morgan fingerprint density at radius 3 is 2.81 bits per heavy atom. The summed E-state index contributed by atoms with van der Waals surface area (Å²) in [5, 5.41) is 13.8. The molecule has 4 aromatic rings. The summed E-state index contributed by atoms with van der Waals surface area (Å²) in [6.07, 6.45) is 7.09. The molecule has 0 fully saturated rings. The van der Waals surface area contributed by atoms with E-state index in [-0.39, 0.29) is 5.92 Å². The average molecular weight is 376 g/mol. The number of hydrogen-bond acceptors (Lipinski definition) is 3. The molecule has 1 atom stereocenters. The summed E-state index contributed by atoms with van der Waals surface area (Å²) in [5.41, 5.74) is 3.09. The topological polar surface area (TPSA) is 54.6 Å². The molecular weight excluding hydrogens is 356 g/mol. The minimum atomic E-state index is -0.745. The highest BCUT2D eigenvalue weighted by atomic mass is 32.1. The normalized spacial score (nSPS) is 12.9. The highest BCUT2D eigenvalue weighted by Crippen LogP contribution is 2.23. The Hall–Kier alpha value is -2.92. The number of hydrogen-bond donors (Lipinski definition) is 1. The lowest BCUT2D eigenvalue weighted by Crippen LogP contribution is -2.16. The molecule has 0 aliphatic rings. The first-order valence-electron chi connectivity index (χ1n) is 8.99. The fourth-order valence-electron chi connectivity index (χ4n) is 3.30. The Morgan fingerprint density at radius 2 is 2.04 bits per heavy atom. The van der Waals surface area contributed by atoms with Gasteiger partial charge in [0.2, 0.25) is 0 Å². The number of rotatable bonds is 6. The molecule has 1 unspecified atom stereocenters. The second-order valence-corrected chi connectivity index (χ2v) is 7.45. The zero-order chi connectivity index (χ0) is 18.8. The maximum absolute atomic E-state index is 11.4. The molecule has 2 aromatic heterocycles. The van der Waals surface area contributed by atoms with Crippen LogP contribution in [-0.2, 0) is 11.2 Å². The van der Waals surface area contributed by atoms with E-state index in [1.54, 1.807) is 11.3 Å². The third kappa shape index (κ3) is 3.51. The van der Waals surface area contributed by atoms with Crippen molar-refractivity contribution in [3.8, 4) is 0 Å². The zero-order valence-corrected chi connectivity index (χ0v) is 15.8.